The zero-order valence-electron chi connectivity index (χ0n) is 11.5. The first-order valence-electron chi connectivity index (χ1n) is 6.28. The van der Waals surface area contributed by atoms with Gasteiger partial charge in [-0.1, -0.05) is 0 Å². The summed E-state index contributed by atoms with van der Waals surface area (Å²) in [6, 6.07) is 7.76. The van der Waals surface area contributed by atoms with Crippen molar-refractivity contribution in [1.29, 1.82) is 0 Å². The molecule has 5 heteroatoms. The van der Waals surface area contributed by atoms with E-state index < -0.39 is 9.84 Å². The van der Waals surface area contributed by atoms with E-state index in [-0.39, 0.29) is 11.0 Å². The molecule has 0 atom stereocenters. The van der Waals surface area contributed by atoms with Crippen molar-refractivity contribution in [2.24, 2.45) is 0 Å². The number of aryl methyl sites for hydroxylation is 1. The molecule has 0 saturated heterocycles. The van der Waals surface area contributed by atoms with E-state index in [9.17, 15) is 8.42 Å². The quantitative estimate of drug-likeness (QED) is 0.846. The van der Waals surface area contributed by atoms with Gasteiger partial charge in [0.2, 0.25) is 0 Å². The van der Waals surface area contributed by atoms with Gasteiger partial charge in [-0.2, -0.15) is 0 Å². The minimum absolute atomic E-state index is 0.167. The second-order valence-electron chi connectivity index (χ2n) is 4.85. The van der Waals surface area contributed by atoms with Crippen molar-refractivity contribution in [1.82, 2.24) is 4.57 Å². The molecular weight excluding hydrogens is 262 g/mol. The van der Waals surface area contributed by atoms with Gasteiger partial charge in [-0.25, -0.2) is 8.42 Å². The van der Waals surface area contributed by atoms with Gasteiger partial charge in [0.15, 0.2) is 9.84 Å². The van der Waals surface area contributed by atoms with Crippen LogP contribution in [0.4, 0.5) is 0 Å². The highest BCUT2D eigenvalue weighted by atomic mass is 32.2. The number of benzene rings is 1. The van der Waals surface area contributed by atoms with Gasteiger partial charge in [0.05, 0.1) is 18.1 Å². The number of sulfone groups is 1. The van der Waals surface area contributed by atoms with E-state index in [0.717, 1.165) is 16.7 Å². The molecule has 104 valence electrons. The second kappa shape index (κ2) is 5.25. The fourth-order valence-corrected chi connectivity index (χ4v) is 2.88. The van der Waals surface area contributed by atoms with E-state index in [0.29, 0.717) is 6.54 Å². The Kier molecular flexibility index (Phi) is 3.85. The number of hydrogen-bond acceptors (Lipinski definition) is 3. The monoisotopic (exact) mass is 281 g/mol. The molecule has 0 saturated carbocycles. The maximum Gasteiger partial charge on any atom is 0.154 e. The number of methoxy groups -OCH3 is 1. The van der Waals surface area contributed by atoms with Crippen LogP contribution in [0.15, 0.2) is 30.5 Å². The van der Waals surface area contributed by atoms with Crippen LogP contribution in [-0.4, -0.2) is 31.1 Å². The third-order valence-electron chi connectivity index (χ3n) is 3.31. The predicted molar refractivity (Wildman–Crippen MR) is 77.4 cm³/mol. The van der Waals surface area contributed by atoms with E-state index in [1.54, 1.807) is 21.0 Å². The maximum absolute atomic E-state index is 11.8. The van der Waals surface area contributed by atoms with Crippen molar-refractivity contribution in [2.45, 2.75) is 25.6 Å². The van der Waals surface area contributed by atoms with E-state index in [4.69, 9.17) is 4.74 Å². The van der Waals surface area contributed by atoms with Crippen LogP contribution >= 0.6 is 0 Å². The first-order valence-corrected chi connectivity index (χ1v) is 8.00. The summed E-state index contributed by atoms with van der Waals surface area (Å²) < 4.78 is 30.8. The van der Waals surface area contributed by atoms with Gasteiger partial charge in [0, 0.05) is 23.6 Å². The van der Waals surface area contributed by atoms with Gasteiger partial charge in [-0.15, -0.1) is 0 Å². The maximum atomic E-state index is 11.8. The highest BCUT2D eigenvalue weighted by Gasteiger charge is 2.16. The summed E-state index contributed by atoms with van der Waals surface area (Å²) in [5, 5.41) is 0.732. The van der Waals surface area contributed by atoms with Gasteiger partial charge < -0.3 is 9.30 Å². The number of ether oxygens (including phenoxy) is 1. The lowest BCUT2D eigenvalue weighted by atomic mass is 10.2. The molecule has 2 aromatic rings. The largest absolute Gasteiger partial charge is 0.497 e. The third-order valence-corrected chi connectivity index (χ3v) is 5.50. The van der Waals surface area contributed by atoms with E-state index >= 15 is 0 Å². The smallest absolute Gasteiger partial charge is 0.154 e. The first kappa shape index (κ1) is 13.9. The Balaban J connectivity index is 2.23. The molecule has 0 unspecified atom stereocenters. The van der Waals surface area contributed by atoms with Crippen LogP contribution < -0.4 is 4.74 Å². The highest BCUT2D eigenvalue weighted by Crippen LogP contribution is 2.22. The molecule has 0 aliphatic carbocycles. The number of rotatable bonds is 5. The summed E-state index contributed by atoms with van der Waals surface area (Å²) in [4.78, 5) is 0. The molecule has 4 nitrogen and oxygen atoms in total. The Morgan fingerprint density at radius 3 is 2.63 bits per heavy atom. The third kappa shape index (κ3) is 2.92. The van der Waals surface area contributed by atoms with E-state index in [1.807, 2.05) is 35.0 Å². The molecule has 0 radical (unpaired) electrons. The molecule has 1 aromatic heterocycles. The summed E-state index contributed by atoms with van der Waals surface area (Å²) in [7, 11) is -1.37. The fourth-order valence-electron chi connectivity index (χ4n) is 1.96. The van der Waals surface area contributed by atoms with Crippen molar-refractivity contribution in [3.05, 3.63) is 30.5 Å². The van der Waals surface area contributed by atoms with Crippen LogP contribution in [0.25, 0.3) is 10.9 Å². The highest BCUT2D eigenvalue weighted by molar-refractivity contribution is 7.91. The lowest BCUT2D eigenvalue weighted by molar-refractivity contribution is 0.415. The zero-order valence-corrected chi connectivity index (χ0v) is 12.3. The average Bonchev–Trinajstić information content (AvgIpc) is 2.78. The normalized spacial score (nSPS) is 12.2. The Hall–Kier alpha value is -1.49. The fraction of sp³-hybridized carbons (Fsp3) is 0.429. The van der Waals surface area contributed by atoms with Crippen LogP contribution in [0.3, 0.4) is 0 Å². The molecular formula is C14H19NO3S. The molecule has 19 heavy (non-hydrogen) atoms. The van der Waals surface area contributed by atoms with Crippen molar-refractivity contribution >= 4 is 20.7 Å². The van der Waals surface area contributed by atoms with Crippen molar-refractivity contribution in [3.63, 3.8) is 0 Å². The van der Waals surface area contributed by atoms with Gasteiger partial charge in [0.1, 0.15) is 5.75 Å². The molecule has 1 aromatic carbocycles. The van der Waals surface area contributed by atoms with Crippen molar-refractivity contribution in [3.8, 4) is 5.75 Å². The SMILES string of the molecule is COc1ccc2c(ccn2CCS(=O)(=O)C(C)C)c1. The number of nitrogens with zero attached hydrogens (tertiary/aromatic N) is 1. The number of aromatic nitrogens is 1. The summed E-state index contributed by atoms with van der Waals surface area (Å²) in [5.41, 5.74) is 1.03. The van der Waals surface area contributed by atoms with E-state index in [1.165, 1.54) is 0 Å². The van der Waals surface area contributed by atoms with Crippen LogP contribution in [-0.2, 0) is 16.4 Å². The van der Waals surface area contributed by atoms with Gasteiger partial charge >= 0.3 is 0 Å². The molecule has 0 amide bonds. The predicted octanol–water partition coefficient (Wildman–Crippen LogP) is 2.47. The molecule has 0 N–H and O–H groups in total. The standard InChI is InChI=1S/C14H19NO3S/c1-11(2)19(16,17)9-8-15-7-6-12-10-13(18-3)4-5-14(12)15/h4-7,10-11H,8-9H2,1-3H3. The average molecular weight is 281 g/mol. The summed E-state index contributed by atoms with van der Waals surface area (Å²) in [5.74, 6) is 0.973. The van der Waals surface area contributed by atoms with Crippen LogP contribution in [0, 0.1) is 0 Å². The molecule has 1 heterocycles. The minimum atomic E-state index is -3.00. The van der Waals surface area contributed by atoms with Crippen LogP contribution in [0.2, 0.25) is 0 Å². The first-order chi connectivity index (χ1) is 8.94. The summed E-state index contributed by atoms with van der Waals surface area (Å²) in [6.45, 7) is 3.91. The van der Waals surface area contributed by atoms with E-state index in [2.05, 4.69) is 0 Å². The number of hydrogen-bond donors (Lipinski definition) is 0. The minimum Gasteiger partial charge on any atom is -0.497 e. The lowest BCUT2D eigenvalue weighted by Gasteiger charge is -2.09. The Morgan fingerprint density at radius 2 is 2.00 bits per heavy atom. The number of fused-ring (bicyclic) bond motifs is 1. The second-order valence-corrected chi connectivity index (χ2v) is 7.53. The van der Waals surface area contributed by atoms with Gasteiger partial charge in [-0.05, 0) is 38.1 Å². The zero-order chi connectivity index (χ0) is 14.0. The van der Waals surface area contributed by atoms with Crippen LogP contribution in [0.1, 0.15) is 13.8 Å². The van der Waals surface area contributed by atoms with Crippen LogP contribution in [0.5, 0.6) is 5.75 Å². The summed E-state index contributed by atoms with van der Waals surface area (Å²) in [6.07, 6.45) is 1.92. The molecule has 0 spiro atoms. The topological polar surface area (TPSA) is 48.3 Å². The molecule has 0 fully saturated rings. The molecule has 0 aliphatic rings. The Morgan fingerprint density at radius 1 is 1.26 bits per heavy atom. The van der Waals surface area contributed by atoms with Gasteiger partial charge in [0.25, 0.3) is 0 Å². The molecule has 0 aliphatic heterocycles. The van der Waals surface area contributed by atoms with Crippen molar-refractivity contribution in [2.75, 3.05) is 12.9 Å². The lowest BCUT2D eigenvalue weighted by Crippen LogP contribution is -2.20. The Labute approximate surface area is 113 Å². The van der Waals surface area contributed by atoms with Crippen molar-refractivity contribution < 1.29 is 13.2 Å². The Bertz CT molecular complexity index is 671. The molecule has 2 rings (SSSR count). The molecule has 0 bridgehead atoms. The summed E-state index contributed by atoms with van der Waals surface area (Å²) >= 11 is 0. The van der Waals surface area contributed by atoms with Gasteiger partial charge in [-0.3, -0.25) is 0 Å².